The van der Waals surface area contributed by atoms with E-state index in [1.54, 1.807) is 10.9 Å². The fraction of sp³-hybridized carbons (Fsp3) is 0.583. The summed E-state index contributed by atoms with van der Waals surface area (Å²) >= 11 is 0. The molecule has 0 spiro atoms. The normalized spacial score (nSPS) is 20.2. The molecule has 2 amide bonds. The number of amides is 2. The Bertz CT molecular complexity index is 466. The number of carbonyl (C=O) groups excluding carboxylic acids is 2. The van der Waals surface area contributed by atoms with Crippen LogP contribution in [0.2, 0.25) is 0 Å². The van der Waals surface area contributed by atoms with Gasteiger partial charge in [-0.15, -0.1) is 0 Å². The Kier molecular flexibility index (Phi) is 3.47. The Morgan fingerprint density at radius 3 is 2.72 bits per heavy atom. The van der Waals surface area contributed by atoms with Gasteiger partial charge in [-0.3, -0.25) is 19.2 Å². The number of hydrogen-bond donors (Lipinski definition) is 1. The molecule has 1 N–H and O–H groups in total. The number of carbonyl (C=O) groups is 2. The fourth-order valence-corrected chi connectivity index (χ4v) is 2.16. The van der Waals surface area contributed by atoms with Gasteiger partial charge in [0.1, 0.15) is 0 Å². The highest BCUT2D eigenvalue weighted by Crippen LogP contribution is 2.16. The van der Waals surface area contributed by atoms with Crippen LogP contribution >= 0.6 is 0 Å². The second-order valence-corrected chi connectivity index (χ2v) is 4.86. The molecule has 1 aromatic rings. The van der Waals surface area contributed by atoms with Crippen molar-refractivity contribution in [1.29, 1.82) is 0 Å². The van der Waals surface area contributed by atoms with E-state index >= 15 is 0 Å². The molecule has 1 fully saturated rings. The van der Waals surface area contributed by atoms with Crippen molar-refractivity contribution in [2.45, 2.75) is 38.9 Å². The average molecular weight is 250 g/mol. The number of nitrogens with zero attached hydrogens (tertiary/aromatic N) is 3. The van der Waals surface area contributed by atoms with Gasteiger partial charge >= 0.3 is 0 Å². The second kappa shape index (κ2) is 4.89. The van der Waals surface area contributed by atoms with Crippen molar-refractivity contribution < 1.29 is 9.59 Å². The zero-order valence-corrected chi connectivity index (χ0v) is 10.9. The molecule has 0 aliphatic carbocycles. The van der Waals surface area contributed by atoms with Gasteiger partial charge in [0.05, 0.1) is 18.7 Å². The summed E-state index contributed by atoms with van der Waals surface area (Å²) in [7, 11) is 1.84. The molecule has 0 aromatic carbocycles. The molecule has 0 bridgehead atoms. The van der Waals surface area contributed by atoms with E-state index in [1.807, 2.05) is 27.1 Å². The zero-order valence-electron chi connectivity index (χ0n) is 10.9. The van der Waals surface area contributed by atoms with Crippen LogP contribution in [0.1, 0.15) is 25.8 Å². The highest BCUT2D eigenvalue weighted by Gasteiger charge is 2.39. The molecule has 6 nitrogen and oxygen atoms in total. The maximum Gasteiger partial charge on any atom is 0.247 e. The molecule has 1 aliphatic rings. The fourth-order valence-electron chi connectivity index (χ4n) is 2.16. The van der Waals surface area contributed by atoms with Crippen LogP contribution in [-0.2, 0) is 23.2 Å². The third-order valence-corrected chi connectivity index (χ3v) is 3.01. The first-order valence-corrected chi connectivity index (χ1v) is 6.06. The molecule has 1 unspecified atom stereocenters. The quantitative estimate of drug-likeness (QED) is 0.766. The first-order chi connectivity index (χ1) is 8.49. The van der Waals surface area contributed by atoms with Crippen molar-refractivity contribution in [1.82, 2.24) is 20.0 Å². The van der Waals surface area contributed by atoms with Crippen molar-refractivity contribution >= 4 is 11.8 Å². The lowest BCUT2D eigenvalue weighted by atomic mass is 10.2. The molecule has 0 saturated carbocycles. The predicted octanol–water partition coefficient (Wildman–Crippen LogP) is 0.0456. The Morgan fingerprint density at radius 1 is 1.50 bits per heavy atom. The molecule has 18 heavy (non-hydrogen) atoms. The van der Waals surface area contributed by atoms with E-state index in [1.165, 1.54) is 4.90 Å². The van der Waals surface area contributed by atoms with E-state index in [0.717, 1.165) is 5.56 Å². The number of imide groups is 1. The lowest BCUT2D eigenvalue weighted by Crippen LogP contribution is -2.41. The molecule has 2 rings (SSSR count). The highest BCUT2D eigenvalue weighted by atomic mass is 16.2. The lowest BCUT2D eigenvalue weighted by Gasteiger charge is -2.19. The smallest absolute Gasteiger partial charge is 0.247 e. The number of likely N-dealkylation sites (tertiary alicyclic amines) is 1. The molecule has 1 aliphatic heterocycles. The monoisotopic (exact) mass is 250 g/mol. The van der Waals surface area contributed by atoms with Crippen LogP contribution in [0.3, 0.4) is 0 Å². The van der Waals surface area contributed by atoms with Gasteiger partial charge < -0.3 is 5.32 Å². The lowest BCUT2D eigenvalue weighted by molar-refractivity contribution is -0.140. The summed E-state index contributed by atoms with van der Waals surface area (Å²) in [6.07, 6.45) is 3.88. The Balaban J connectivity index is 1.95. The summed E-state index contributed by atoms with van der Waals surface area (Å²) in [4.78, 5) is 25.0. The molecule has 1 saturated heterocycles. The third-order valence-electron chi connectivity index (χ3n) is 3.01. The molecule has 2 heterocycles. The third kappa shape index (κ3) is 2.43. The summed E-state index contributed by atoms with van der Waals surface area (Å²) in [5.74, 6) is -0.224. The summed E-state index contributed by atoms with van der Waals surface area (Å²) < 4.78 is 1.71. The number of nitrogens with one attached hydrogen (secondary N) is 1. The van der Waals surface area contributed by atoms with Gasteiger partial charge in [0.15, 0.2) is 0 Å². The maximum absolute atomic E-state index is 12.0. The molecule has 1 atom stereocenters. The maximum atomic E-state index is 12.0. The van der Waals surface area contributed by atoms with E-state index in [9.17, 15) is 9.59 Å². The topological polar surface area (TPSA) is 67.2 Å². The van der Waals surface area contributed by atoms with Crippen LogP contribution in [0.25, 0.3) is 0 Å². The molecule has 6 heteroatoms. The highest BCUT2D eigenvalue weighted by molar-refractivity contribution is 6.05. The van der Waals surface area contributed by atoms with Crippen molar-refractivity contribution in [2.75, 3.05) is 0 Å². The van der Waals surface area contributed by atoms with E-state index in [4.69, 9.17) is 0 Å². The molecule has 1 aromatic heterocycles. The molecular formula is C12H18N4O2. The van der Waals surface area contributed by atoms with E-state index in [-0.39, 0.29) is 24.3 Å². The summed E-state index contributed by atoms with van der Waals surface area (Å²) in [6, 6.07) is -0.477. The van der Waals surface area contributed by atoms with E-state index in [0.29, 0.717) is 6.54 Å². The van der Waals surface area contributed by atoms with E-state index in [2.05, 4.69) is 10.4 Å². The van der Waals surface area contributed by atoms with Gasteiger partial charge in [-0.2, -0.15) is 5.10 Å². The minimum Gasteiger partial charge on any atom is -0.301 e. The number of rotatable bonds is 4. The van der Waals surface area contributed by atoms with Crippen LogP contribution in [0.15, 0.2) is 12.4 Å². The number of hydrogen-bond acceptors (Lipinski definition) is 4. The van der Waals surface area contributed by atoms with Gasteiger partial charge in [0.25, 0.3) is 0 Å². The van der Waals surface area contributed by atoms with Gasteiger partial charge in [-0.25, -0.2) is 0 Å². The van der Waals surface area contributed by atoms with Gasteiger partial charge in [0.2, 0.25) is 11.8 Å². The Labute approximate surface area is 106 Å². The van der Waals surface area contributed by atoms with Crippen molar-refractivity contribution in [2.24, 2.45) is 7.05 Å². The van der Waals surface area contributed by atoms with Crippen molar-refractivity contribution in [3.05, 3.63) is 18.0 Å². The summed E-state index contributed by atoms with van der Waals surface area (Å²) in [5.41, 5.74) is 1.00. The minimum absolute atomic E-state index is 0.0739. The minimum atomic E-state index is -0.403. The first kappa shape index (κ1) is 12.8. The van der Waals surface area contributed by atoms with Crippen LogP contribution in [0.5, 0.6) is 0 Å². The predicted molar refractivity (Wildman–Crippen MR) is 65.4 cm³/mol. The molecule has 98 valence electrons. The Morgan fingerprint density at radius 2 is 2.22 bits per heavy atom. The summed E-state index contributed by atoms with van der Waals surface area (Å²) in [6.45, 7) is 4.24. The first-order valence-electron chi connectivity index (χ1n) is 6.06. The SMILES string of the molecule is CC(C)N1C(=O)CC(NCc2cnn(C)c2)C1=O. The standard InChI is InChI=1S/C12H18N4O2/c1-8(2)16-11(17)4-10(12(16)18)13-5-9-6-14-15(3)7-9/h6-8,10,13H,4-5H2,1-3H3. The zero-order chi connectivity index (χ0) is 13.3. The van der Waals surface area contributed by atoms with Crippen molar-refractivity contribution in [3.8, 4) is 0 Å². The van der Waals surface area contributed by atoms with Gasteiger partial charge in [-0.1, -0.05) is 0 Å². The van der Waals surface area contributed by atoms with Crippen LogP contribution in [0.4, 0.5) is 0 Å². The van der Waals surface area contributed by atoms with E-state index < -0.39 is 6.04 Å². The van der Waals surface area contributed by atoms with Crippen LogP contribution in [-0.4, -0.2) is 38.6 Å². The number of aromatic nitrogens is 2. The average Bonchev–Trinajstić information content (AvgIpc) is 2.80. The van der Waals surface area contributed by atoms with Crippen LogP contribution in [0, 0.1) is 0 Å². The largest absolute Gasteiger partial charge is 0.301 e. The number of aryl methyl sites for hydroxylation is 1. The molecular weight excluding hydrogens is 232 g/mol. The van der Waals surface area contributed by atoms with Gasteiger partial charge in [-0.05, 0) is 13.8 Å². The van der Waals surface area contributed by atoms with Crippen LogP contribution < -0.4 is 5.32 Å². The second-order valence-electron chi connectivity index (χ2n) is 4.86. The molecule has 0 radical (unpaired) electrons. The summed E-state index contributed by atoms with van der Waals surface area (Å²) in [5, 5.41) is 7.16. The van der Waals surface area contributed by atoms with Crippen molar-refractivity contribution in [3.63, 3.8) is 0 Å². The Hall–Kier alpha value is -1.69. The van der Waals surface area contributed by atoms with Gasteiger partial charge in [0, 0.05) is 31.4 Å².